The van der Waals surface area contributed by atoms with Crippen LogP contribution in [-0.2, 0) is 0 Å². The molecule has 0 unspecified atom stereocenters. The fraction of sp³-hybridized carbons (Fsp3) is 0.222. The van der Waals surface area contributed by atoms with Gasteiger partial charge in [0.15, 0.2) is 0 Å². The summed E-state index contributed by atoms with van der Waals surface area (Å²) in [5.41, 5.74) is 3.96. The molecule has 1 rings (SSSR count). The first kappa shape index (κ1) is 8.21. The van der Waals surface area contributed by atoms with Gasteiger partial charge in [0, 0.05) is 4.88 Å². The number of aromatic nitrogens is 1. The van der Waals surface area contributed by atoms with Crippen molar-refractivity contribution in [2.75, 3.05) is 0 Å². The van der Waals surface area contributed by atoms with Gasteiger partial charge in [0.05, 0.1) is 11.2 Å². The average Bonchev–Trinajstić information content (AvgIpc) is 2.31. The first-order chi connectivity index (χ1) is 5.20. The van der Waals surface area contributed by atoms with E-state index in [1.807, 2.05) is 24.6 Å². The zero-order valence-corrected chi connectivity index (χ0v) is 7.61. The molecule has 0 aliphatic heterocycles. The number of aryl methyl sites for hydroxylation is 1. The molecule has 0 bridgehead atoms. The fourth-order valence-electron chi connectivity index (χ4n) is 0.695. The maximum Gasteiger partial charge on any atom is 0.0801 e. The summed E-state index contributed by atoms with van der Waals surface area (Å²) in [6.45, 7) is 7.81. The Bertz CT molecular complexity index is 284. The van der Waals surface area contributed by atoms with Gasteiger partial charge in [0.1, 0.15) is 0 Å². The van der Waals surface area contributed by atoms with Crippen LogP contribution in [0.1, 0.15) is 17.5 Å². The standard InChI is InChI=1S/C9H11NS/c1-7(2)4-5-9-8(3)11-6-10-9/h4-6H,1H2,2-3H3/b5-4-. The van der Waals surface area contributed by atoms with Gasteiger partial charge in [-0.05, 0) is 19.9 Å². The molecule has 0 N–H and O–H groups in total. The normalized spacial score (nSPS) is 10.7. The van der Waals surface area contributed by atoms with Crippen molar-refractivity contribution in [3.05, 3.63) is 34.3 Å². The molecule has 2 heteroatoms. The second-order valence-electron chi connectivity index (χ2n) is 2.47. The Morgan fingerprint density at radius 2 is 2.45 bits per heavy atom. The Hall–Kier alpha value is -0.890. The van der Waals surface area contributed by atoms with Gasteiger partial charge >= 0.3 is 0 Å². The lowest BCUT2D eigenvalue weighted by atomic mass is 10.3. The van der Waals surface area contributed by atoms with Crippen LogP contribution in [0, 0.1) is 6.92 Å². The van der Waals surface area contributed by atoms with E-state index in [-0.39, 0.29) is 0 Å². The Labute approximate surface area is 71.1 Å². The number of nitrogens with zero attached hydrogens (tertiary/aromatic N) is 1. The van der Waals surface area contributed by atoms with E-state index in [2.05, 4.69) is 18.5 Å². The van der Waals surface area contributed by atoms with Gasteiger partial charge in [-0.3, -0.25) is 0 Å². The van der Waals surface area contributed by atoms with Crippen molar-refractivity contribution < 1.29 is 0 Å². The third kappa shape index (κ3) is 2.31. The molecular weight excluding hydrogens is 154 g/mol. The highest BCUT2D eigenvalue weighted by molar-refractivity contribution is 7.09. The van der Waals surface area contributed by atoms with Crippen LogP contribution in [0.3, 0.4) is 0 Å². The predicted molar refractivity (Wildman–Crippen MR) is 50.7 cm³/mol. The van der Waals surface area contributed by atoms with Crippen LogP contribution in [0.15, 0.2) is 23.7 Å². The monoisotopic (exact) mass is 165 g/mol. The van der Waals surface area contributed by atoms with Crippen molar-refractivity contribution in [1.82, 2.24) is 4.98 Å². The van der Waals surface area contributed by atoms with E-state index in [1.54, 1.807) is 11.3 Å². The Balaban J connectivity index is 2.79. The molecule has 0 aromatic carbocycles. The van der Waals surface area contributed by atoms with Crippen molar-refractivity contribution in [2.24, 2.45) is 0 Å². The van der Waals surface area contributed by atoms with Gasteiger partial charge in [-0.15, -0.1) is 11.3 Å². The third-order valence-electron chi connectivity index (χ3n) is 1.31. The largest absolute Gasteiger partial charge is 0.245 e. The van der Waals surface area contributed by atoms with Crippen molar-refractivity contribution in [3.8, 4) is 0 Å². The van der Waals surface area contributed by atoms with E-state index in [0.717, 1.165) is 11.3 Å². The quantitative estimate of drug-likeness (QED) is 0.614. The maximum absolute atomic E-state index is 4.18. The summed E-state index contributed by atoms with van der Waals surface area (Å²) < 4.78 is 0. The molecule has 0 spiro atoms. The van der Waals surface area contributed by atoms with Crippen LogP contribution in [0.25, 0.3) is 6.08 Å². The molecule has 1 aromatic heterocycles. The molecular formula is C9H11NS. The highest BCUT2D eigenvalue weighted by Crippen LogP contribution is 2.12. The van der Waals surface area contributed by atoms with Crippen molar-refractivity contribution >= 4 is 17.4 Å². The second kappa shape index (κ2) is 3.49. The summed E-state index contributed by atoms with van der Waals surface area (Å²) >= 11 is 1.66. The van der Waals surface area contributed by atoms with Crippen LogP contribution in [0.2, 0.25) is 0 Å². The van der Waals surface area contributed by atoms with E-state index in [0.29, 0.717) is 0 Å². The molecule has 1 aromatic rings. The van der Waals surface area contributed by atoms with E-state index >= 15 is 0 Å². The summed E-state index contributed by atoms with van der Waals surface area (Å²) in [6, 6.07) is 0. The molecule has 0 saturated heterocycles. The summed E-state index contributed by atoms with van der Waals surface area (Å²) in [7, 11) is 0. The van der Waals surface area contributed by atoms with Gasteiger partial charge in [-0.25, -0.2) is 4.98 Å². The summed E-state index contributed by atoms with van der Waals surface area (Å²) in [5.74, 6) is 0. The summed E-state index contributed by atoms with van der Waals surface area (Å²) in [6.07, 6.45) is 3.97. The van der Waals surface area contributed by atoms with Gasteiger partial charge < -0.3 is 0 Å². The fourth-order valence-corrected chi connectivity index (χ4v) is 1.26. The van der Waals surface area contributed by atoms with Crippen molar-refractivity contribution in [2.45, 2.75) is 13.8 Å². The summed E-state index contributed by atoms with van der Waals surface area (Å²) in [4.78, 5) is 5.43. The molecule has 0 aliphatic rings. The number of hydrogen-bond donors (Lipinski definition) is 0. The molecule has 0 radical (unpaired) electrons. The molecule has 58 valence electrons. The van der Waals surface area contributed by atoms with E-state index < -0.39 is 0 Å². The SMILES string of the molecule is C=C(C)/C=C\c1ncsc1C. The highest BCUT2D eigenvalue weighted by atomic mass is 32.1. The first-order valence-corrected chi connectivity index (χ1v) is 4.32. The van der Waals surface area contributed by atoms with Crippen LogP contribution < -0.4 is 0 Å². The minimum atomic E-state index is 1.05. The van der Waals surface area contributed by atoms with Crippen LogP contribution >= 0.6 is 11.3 Å². The number of hydrogen-bond acceptors (Lipinski definition) is 2. The minimum Gasteiger partial charge on any atom is -0.245 e. The van der Waals surface area contributed by atoms with Gasteiger partial charge in [0.2, 0.25) is 0 Å². The van der Waals surface area contributed by atoms with Gasteiger partial charge in [-0.2, -0.15) is 0 Å². The molecule has 0 atom stereocenters. The van der Waals surface area contributed by atoms with Gasteiger partial charge in [-0.1, -0.05) is 18.2 Å². The van der Waals surface area contributed by atoms with Crippen molar-refractivity contribution in [3.63, 3.8) is 0 Å². The Morgan fingerprint density at radius 1 is 1.73 bits per heavy atom. The molecule has 0 amide bonds. The molecule has 11 heavy (non-hydrogen) atoms. The van der Waals surface area contributed by atoms with E-state index in [4.69, 9.17) is 0 Å². The van der Waals surface area contributed by atoms with Crippen LogP contribution in [0.5, 0.6) is 0 Å². The van der Waals surface area contributed by atoms with Crippen LogP contribution in [0.4, 0.5) is 0 Å². The topological polar surface area (TPSA) is 12.9 Å². The zero-order chi connectivity index (χ0) is 8.27. The molecule has 0 saturated carbocycles. The zero-order valence-electron chi connectivity index (χ0n) is 6.79. The Morgan fingerprint density at radius 3 is 2.91 bits per heavy atom. The molecule has 0 aliphatic carbocycles. The molecule has 1 nitrogen and oxygen atoms in total. The number of thiazole rings is 1. The Kier molecular flexibility index (Phi) is 2.60. The highest BCUT2D eigenvalue weighted by Gasteiger charge is 1.94. The number of allylic oxidation sites excluding steroid dienone is 2. The third-order valence-corrected chi connectivity index (χ3v) is 2.08. The first-order valence-electron chi connectivity index (χ1n) is 3.44. The van der Waals surface area contributed by atoms with Gasteiger partial charge in [0.25, 0.3) is 0 Å². The predicted octanol–water partition coefficient (Wildman–Crippen LogP) is 3.04. The average molecular weight is 165 g/mol. The molecule has 1 heterocycles. The van der Waals surface area contributed by atoms with E-state index in [1.165, 1.54) is 4.88 Å². The number of rotatable bonds is 2. The second-order valence-corrected chi connectivity index (χ2v) is 3.53. The lowest BCUT2D eigenvalue weighted by Crippen LogP contribution is -1.73. The molecule has 0 fully saturated rings. The smallest absolute Gasteiger partial charge is 0.0801 e. The maximum atomic E-state index is 4.18. The lowest BCUT2D eigenvalue weighted by molar-refractivity contribution is 1.34. The van der Waals surface area contributed by atoms with Crippen LogP contribution in [-0.4, -0.2) is 4.98 Å². The minimum absolute atomic E-state index is 1.05. The van der Waals surface area contributed by atoms with E-state index in [9.17, 15) is 0 Å². The lowest BCUT2D eigenvalue weighted by Gasteiger charge is -1.87. The summed E-state index contributed by atoms with van der Waals surface area (Å²) in [5, 5.41) is 0. The van der Waals surface area contributed by atoms with Crippen molar-refractivity contribution in [1.29, 1.82) is 0 Å².